The number of hydrogen-bond acceptors (Lipinski definition) is 1. The van der Waals surface area contributed by atoms with Crippen molar-refractivity contribution in [3.63, 3.8) is 0 Å². The first kappa shape index (κ1) is 13.6. The number of allylic oxidation sites excluding steroid dienone is 2. The zero-order valence-electron chi connectivity index (χ0n) is 9.61. The van der Waals surface area contributed by atoms with Crippen LogP contribution in [0, 0.1) is 11.5 Å². The number of carbonyl (C=O) groups excluding carboxylic acids is 1. The Bertz CT molecular complexity index is 290. The summed E-state index contributed by atoms with van der Waals surface area (Å²) in [7, 11) is 0. The minimum atomic E-state index is 0. The number of carbonyl (C=O) groups is 1. The zero-order chi connectivity index (χ0) is 10.7. The SMILES string of the molecule is C=CC(=O)N1CCC2(CC=[C-]CC2)CC1.[V]. The van der Waals surface area contributed by atoms with Gasteiger partial charge in [-0.2, -0.15) is 6.42 Å². The van der Waals surface area contributed by atoms with Crippen LogP contribution in [-0.4, -0.2) is 23.9 Å². The van der Waals surface area contributed by atoms with Gasteiger partial charge in [0.1, 0.15) is 0 Å². The van der Waals surface area contributed by atoms with Crippen LogP contribution in [0.3, 0.4) is 0 Å². The number of likely N-dealkylation sites (tertiary alicyclic amines) is 1. The van der Waals surface area contributed by atoms with Crippen molar-refractivity contribution < 1.29 is 23.4 Å². The summed E-state index contributed by atoms with van der Waals surface area (Å²) in [5.41, 5.74) is 0.475. The van der Waals surface area contributed by atoms with E-state index < -0.39 is 0 Å². The summed E-state index contributed by atoms with van der Waals surface area (Å²) in [6.07, 6.45) is 12.7. The maximum absolute atomic E-state index is 11.4. The van der Waals surface area contributed by atoms with Gasteiger partial charge < -0.3 is 11.0 Å². The molecule has 0 atom stereocenters. The molecule has 2 aliphatic rings. The summed E-state index contributed by atoms with van der Waals surface area (Å²) < 4.78 is 0. The predicted octanol–water partition coefficient (Wildman–Crippen LogP) is 2.32. The summed E-state index contributed by atoms with van der Waals surface area (Å²) in [5, 5.41) is 0. The summed E-state index contributed by atoms with van der Waals surface area (Å²) in [5.74, 6) is 0.0859. The predicted molar refractivity (Wildman–Crippen MR) is 60.1 cm³/mol. The average molecular weight is 255 g/mol. The molecule has 1 saturated heterocycles. The molecule has 87 valence electrons. The van der Waals surface area contributed by atoms with E-state index in [9.17, 15) is 4.79 Å². The normalized spacial score (nSPS) is 22.6. The van der Waals surface area contributed by atoms with Crippen LogP contribution in [0.1, 0.15) is 32.1 Å². The molecule has 1 heterocycles. The second kappa shape index (κ2) is 5.74. The molecular weight excluding hydrogens is 237 g/mol. The topological polar surface area (TPSA) is 20.3 Å². The molecular formula is C13H18NOV-. The zero-order valence-corrected chi connectivity index (χ0v) is 11.0. The number of piperidine rings is 1. The van der Waals surface area contributed by atoms with Gasteiger partial charge in [-0.25, -0.2) is 0 Å². The van der Waals surface area contributed by atoms with Gasteiger partial charge in [0.2, 0.25) is 5.91 Å². The number of amides is 1. The largest absolute Gasteiger partial charge is 0.501 e. The molecule has 2 rings (SSSR count). The molecule has 0 unspecified atom stereocenters. The Hall–Kier alpha value is -0.466. The van der Waals surface area contributed by atoms with Crippen molar-refractivity contribution in [1.82, 2.24) is 4.90 Å². The van der Waals surface area contributed by atoms with Gasteiger partial charge in [0.15, 0.2) is 0 Å². The summed E-state index contributed by atoms with van der Waals surface area (Å²) >= 11 is 0. The van der Waals surface area contributed by atoms with Crippen LogP contribution in [0.15, 0.2) is 18.7 Å². The van der Waals surface area contributed by atoms with Gasteiger partial charge in [-0.05, 0) is 24.3 Å². The van der Waals surface area contributed by atoms with E-state index in [1.54, 1.807) is 0 Å². The summed E-state index contributed by atoms with van der Waals surface area (Å²) in [4.78, 5) is 13.3. The molecule has 0 aromatic heterocycles. The van der Waals surface area contributed by atoms with E-state index in [-0.39, 0.29) is 24.5 Å². The fourth-order valence-corrected chi connectivity index (χ4v) is 2.61. The third-order valence-corrected chi connectivity index (χ3v) is 3.79. The van der Waals surface area contributed by atoms with E-state index in [1.807, 2.05) is 4.90 Å². The van der Waals surface area contributed by atoms with Gasteiger partial charge in [0.25, 0.3) is 0 Å². The molecule has 0 aromatic rings. The first-order valence-electron chi connectivity index (χ1n) is 5.72. The third-order valence-electron chi connectivity index (χ3n) is 3.79. The Kier molecular flexibility index (Phi) is 4.88. The first-order valence-corrected chi connectivity index (χ1v) is 5.72. The maximum atomic E-state index is 11.4. The summed E-state index contributed by atoms with van der Waals surface area (Å²) in [6, 6.07) is 0. The molecule has 1 aliphatic carbocycles. The maximum Gasteiger partial charge on any atom is 0.245 e. The van der Waals surface area contributed by atoms with Crippen molar-refractivity contribution in [2.45, 2.75) is 32.1 Å². The Balaban J connectivity index is 0.00000128. The van der Waals surface area contributed by atoms with Crippen molar-refractivity contribution in [1.29, 1.82) is 0 Å². The van der Waals surface area contributed by atoms with Crippen molar-refractivity contribution in [2.24, 2.45) is 5.41 Å². The van der Waals surface area contributed by atoms with Gasteiger partial charge in [0.05, 0.1) is 0 Å². The molecule has 2 nitrogen and oxygen atoms in total. The van der Waals surface area contributed by atoms with Crippen LogP contribution in [0.5, 0.6) is 0 Å². The molecule has 0 N–H and O–H groups in total. The van der Waals surface area contributed by atoms with Gasteiger partial charge in [-0.15, -0.1) is 0 Å². The fraction of sp³-hybridized carbons (Fsp3) is 0.615. The Labute approximate surface area is 110 Å². The van der Waals surface area contributed by atoms with Crippen LogP contribution in [0.25, 0.3) is 0 Å². The number of nitrogens with zero attached hydrogens (tertiary/aromatic N) is 1. The standard InChI is InChI=1S/C13H18NO.V/c1-2-12(15)14-10-8-13(9-11-14)6-4-3-5-7-13;/h2,4H,1,5-11H2;/q-1;. The van der Waals surface area contributed by atoms with E-state index in [0.717, 1.165) is 38.8 Å². The van der Waals surface area contributed by atoms with E-state index in [2.05, 4.69) is 18.7 Å². The first-order chi connectivity index (χ1) is 7.26. The number of hydrogen-bond donors (Lipinski definition) is 0. The van der Waals surface area contributed by atoms with Crippen LogP contribution in [0.2, 0.25) is 0 Å². The van der Waals surface area contributed by atoms with E-state index >= 15 is 0 Å². The van der Waals surface area contributed by atoms with Crippen LogP contribution in [-0.2, 0) is 23.4 Å². The molecule has 1 amide bonds. The molecule has 1 fully saturated rings. The molecule has 16 heavy (non-hydrogen) atoms. The van der Waals surface area contributed by atoms with Crippen molar-refractivity contribution in [3.8, 4) is 0 Å². The molecule has 3 heteroatoms. The minimum absolute atomic E-state index is 0. The molecule has 1 aliphatic heterocycles. The smallest absolute Gasteiger partial charge is 0.245 e. The second-order valence-electron chi connectivity index (χ2n) is 4.64. The monoisotopic (exact) mass is 255 g/mol. The molecule has 0 saturated carbocycles. The van der Waals surface area contributed by atoms with E-state index in [4.69, 9.17) is 0 Å². The van der Waals surface area contributed by atoms with Gasteiger partial charge in [0, 0.05) is 31.6 Å². The van der Waals surface area contributed by atoms with Gasteiger partial charge >= 0.3 is 0 Å². The molecule has 0 aromatic carbocycles. The Morgan fingerprint density at radius 3 is 2.56 bits per heavy atom. The molecule has 1 spiro atoms. The van der Waals surface area contributed by atoms with E-state index in [0.29, 0.717) is 5.41 Å². The number of rotatable bonds is 1. The van der Waals surface area contributed by atoms with Crippen molar-refractivity contribution >= 4 is 5.91 Å². The van der Waals surface area contributed by atoms with Gasteiger partial charge in [-0.1, -0.05) is 19.4 Å². The molecule has 0 bridgehead atoms. The Morgan fingerprint density at radius 2 is 2.06 bits per heavy atom. The summed E-state index contributed by atoms with van der Waals surface area (Å²) in [6.45, 7) is 5.34. The Morgan fingerprint density at radius 1 is 1.38 bits per heavy atom. The average Bonchev–Trinajstić information content (AvgIpc) is 2.30. The van der Waals surface area contributed by atoms with Crippen LogP contribution in [0.4, 0.5) is 0 Å². The van der Waals surface area contributed by atoms with Crippen LogP contribution < -0.4 is 0 Å². The molecule has 1 radical (unpaired) electrons. The third kappa shape index (κ3) is 2.80. The van der Waals surface area contributed by atoms with Crippen LogP contribution >= 0.6 is 0 Å². The van der Waals surface area contributed by atoms with Gasteiger partial charge in [-0.3, -0.25) is 10.9 Å². The van der Waals surface area contributed by atoms with Crippen molar-refractivity contribution in [3.05, 3.63) is 24.8 Å². The fourth-order valence-electron chi connectivity index (χ4n) is 2.61. The van der Waals surface area contributed by atoms with Crippen molar-refractivity contribution in [2.75, 3.05) is 13.1 Å². The second-order valence-corrected chi connectivity index (χ2v) is 4.64. The van der Waals surface area contributed by atoms with E-state index in [1.165, 1.54) is 12.5 Å². The quantitative estimate of drug-likeness (QED) is 0.520. The minimum Gasteiger partial charge on any atom is -0.501 e.